The highest BCUT2D eigenvalue weighted by molar-refractivity contribution is 5.85. The molecule has 1 aliphatic rings. The van der Waals surface area contributed by atoms with Crippen molar-refractivity contribution in [1.82, 2.24) is 0 Å². The number of carbonyl (C=O) groups is 1. The number of aliphatic hydroxyl groups excluding tert-OH is 1. The maximum atomic E-state index is 13.0. The van der Waals surface area contributed by atoms with Gasteiger partial charge in [-0.25, -0.2) is 0 Å². The van der Waals surface area contributed by atoms with Gasteiger partial charge in [0.15, 0.2) is 0 Å². The predicted molar refractivity (Wildman–Crippen MR) is 228 cm³/mol. The number of ether oxygens (including phenoxy) is 1. The molecule has 0 bridgehead atoms. The lowest BCUT2D eigenvalue weighted by molar-refractivity contribution is -0.144. The number of allylic oxidation sites excluding steroid dienone is 6. The second-order valence-corrected chi connectivity index (χ2v) is 12.0. The maximum absolute atomic E-state index is 13.0. The number of nitrogens with zero attached hydrogens (tertiary/aromatic N) is 2. The summed E-state index contributed by atoms with van der Waals surface area (Å²) in [5.41, 5.74) is 13.0. The summed E-state index contributed by atoms with van der Waals surface area (Å²) < 4.78 is 5.64. The van der Waals surface area contributed by atoms with Gasteiger partial charge < -0.3 is 19.6 Å². The highest BCUT2D eigenvalue weighted by Crippen LogP contribution is 2.40. The van der Waals surface area contributed by atoms with Gasteiger partial charge >= 0.3 is 5.97 Å². The molecule has 0 aliphatic carbocycles. The molecular weight excluding hydrogens is 671 g/mol. The number of esters is 1. The van der Waals surface area contributed by atoms with E-state index in [4.69, 9.17) is 9.64 Å². The Morgan fingerprint density at radius 2 is 1.50 bits per heavy atom. The summed E-state index contributed by atoms with van der Waals surface area (Å²) in [6.45, 7) is 10.1. The fourth-order valence-corrected chi connectivity index (χ4v) is 5.81. The van der Waals surface area contributed by atoms with Crippen molar-refractivity contribution in [1.29, 1.82) is 5.59 Å². The molecule has 7 heteroatoms. The minimum absolute atomic E-state index is 0.183. The summed E-state index contributed by atoms with van der Waals surface area (Å²) >= 11 is 0. The zero-order valence-corrected chi connectivity index (χ0v) is 32.7. The Kier molecular flexibility index (Phi) is 22.8. The van der Waals surface area contributed by atoms with Gasteiger partial charge in [0, 0.05) is 43.8 Å². The summed E-state index contributed by atoms with van der Waals surface area (Å²) in [5.74, 6) is -0.498. The molecule has 1 heterocycles. The lowest BCUT2D eigenvalue weighted by Crippen LogP contribution is -2.18. The number of anilines is 3. The first-order valence-corrected chi connectivity index (χ1v) is 18.0. The first kappa shape index (κ1) is 46.1. The Morgan fingerprint density at radius 1 is 0.907 bits per heavy atom. The van der Waals surface area contributed by atoms with Gasteiger partial charge in [-0.15, -0.1) is 12.8 Å². The molecule has 284 valence electrons. The third-order valence-corrected chi connectivity index (χ3v) is 8.38. The number of terminal acetylenes is 1. The zero-order chi connectivity index (χ0) is 40.3. The van der Waals surface area contributed by atoms with E-state index in [1.165, 1.54) is 5.57 Å². The van der Waals surface area contributed by atoms with Crippen LogP contribution in [-0.4, -0.2) is 38.8 Å². The Bertz CT molecular complexity index is 1790. The zero-order valence-electron chi connectivity index (χ0n) is 32.7. The SMILES string of the molecule is C#C.C=CC=CCC/C(C)=C\C=C/COC(=O)C1Cc2ccccc2N(C)c2ccccc21.CC.CN(C)c1ccccc1C(O)c1ccccc1.N=O. The second-order valence-electron chi connectivity index (χ2n) is 12.0. The van der Waals surface area contributed by atoms with Crippen molar-refractivity contribution in [3.8, 4) is 12.8 Å². The third-order valence-electron chi connectivity index (χ3n) is 8.38. The quantitative estimate of drug-likeness (QED) is 0.0691. The monoisotopic (exact) mass is 727 g/mol. The van der Waals surface area contributed by atoms with Crippen LogP contribution in [0.5, 0.6) is 0 Å². The molecular formula is C47H57N3O4. The molecule has 5 rings (SSSR count). The molecule has 0 aromatic heterocycles. The minimum Gasteiger partial charge on any atom is -0.461 e. The van der Waals surface area contributed by atoms with Crippen LogP contribution in [0.2, 0.25) is 0 Å². The standard InChI is InChI=1S/C28H31NO2.C15H17NO.C2H6.C2H2.HNO/c1-4-5-6-7-14-22(2)15-12-13-20-31-28(30)25-21-23-16-8-10-18-26(23)29(3)27-19-11-9-17-24(25)27;1-16(2)14-11-7-6-10-13(14)15(17)12-8-4-3-5-9-12;3*1-2/h4-6,8-13,15-19,25H,1,7,14,20-21H2,2-3H3;3-11,15,17H,1-2H3;1-2H3;1-2H;1H/b6-5?,13-12-,22-15-;;;;. The van der Waals surface area contributed by atoms with Gasteiger partial charge in [-0.3, -0.25) is 4.79 Å². The number of carbonyl (C=O) groups excluding carboxylic acids is 1. The van der Waals surface area contributed by atoms with E-state index in [1.807, 2.05) is 136 Å². The van der Waals surface area contributed by atoms with Crippen LogP contribution in [0.1, 0.15) is 67.9 Å². The smallest absolute Gasteiger partial charge is 0.314 e. The van der Waals surface area contributed by atoms with Crippen molar-refractivity contribution in [2.45, 2.75) is 52.1 Å². The summed E-state index contributed by atoms with van der Waals surface area (Å²) in [4.78, 5) is 24.7. The van der Waals surface area contributed by atoms with Crippen LogP contribution < -0.4 is 9.80 Å². The highest BCUT2D eigenvalue weighted by atomic mass is 16.5. The molecule has 4 aromatic carbocycles. The van der Waals surface area contributed by atoms with E-state index < -0.39 is 6.10 Å². The average molecular weight is 728 g/mol. The van der Waals surface area contributed by atoms with E-state index in [9.17, 15) is 9.90 Å². The molecule has 0 amide bonds. The first-order valence-electron chi connectivity index (χ1n) is 18.0. The fraction of sp³-hybridized carbons (Fsp3) is 0.255. The number of hydrogen-bond acceptors (Lipinski definition) is 7. The summed E-state index contributed by atoms with van der Waals surface area (Å²) in [7, 11) is 6.02. The molecule has 0 saturated heterocycles. The van der Waals surface area contributed by atoms with Crippen molar-refractivity contribution in [2.24, 2.45) is 0 Å². The number of rotatable bonds is 11. The predicted octanol–water partition coefficient (Wildman–Crippen LogP) is 11.1. The molecule has 0 fully saturated rings. The van der Waals surface area contributed by atoms with E-state index in [1.54, 1.807) is 6.08 Å². The van der Waals surface area contributed by atoms with E-state index >= 15 is 0 Å². The number of nitrogens with one attached hydrogen (secondary N) is 1. The molecule has 0 radical (unpaired) electrons. The van der Waals surface area contributed by atoms with E-state index in [2.05, 4.69) is 74.2 Å². The van der Waals surface area contributed by atoms with Crippen LogP contribution >= 0.6 is 0 Å². The van der Waals surface area contributed by atoms with Crippen LogP contribution in [-0.2, 0) is 16.0 Å². The van der Waals surface area contributed by atoms with Crippen LogP contribution in [0.4, 0.5) is 17.1 Å². The van der Waals surface area contributed by atoms with Gasteiger partial charge in [0.1, 0.15) is 12.7 Å². The molecule has 0 saturated carbocycles. The fourth-order valence-electron chi connectivity index (χ4n) is 5.81. The van der Waals surface area contributed by atoms with Crippen molar-refractivity contribution >= 4 is 23.0 Å². The Balaban J connectivity index is 0.000000534. The van der Waals surface area contributed by atoms with Crippen LogP contribution in [0, 0.1) is 23.3 Å². The summed E-state index contributed by atoms with van der Waals surface area (Å²) in [6.07, 6.45) is 21.8. The number of benzene rings is 4. The van der Waals surface area contributed by atoms with Crippen LogP contribution in [0.15, 0.2) is 152 Å². The van der Waals surface area contributed by atoms with Crippen LogP contribution in [0.25, 0.3) is 0 Å². The average Bonchev–Trinajstić information content (AvgIpc) is 3.36. The van der Waals surface area contributed by atoms with Gasteiger partial charge in [0.25, 0.3) is 0 Å². The third kappa shape index (κ3) is 14.2. The van der Waals surface area contributed by atoms with Gasteiger partial charge in [0.2, 0.25) is 0 Å². The van der Waals surface area contributed by atoms with Crippen molar-refractivity contribution in [2.75, 3.05) is 37.5 Å². The lowest BCUT2D eigenvalue weighted by Gasteiger charge is -2.22. The van der Waals surface area contributed by atoms with E-state index in [0.717, 1.165) is 52.2 Å². The second kappa shape index (κ2) is 26.8. The normalized spacial score (nSPS) is 13.3. The van der Waals surface area contributed by atoms with E-state index in [-0.39, 0.29) is 18.5 Å². The Hall–Kier alpha value is -5.97. The molecule has 2 atom stereocenters. The molecule has 2 unspecified atom stereocenters. The van der Waals surface area contributed by atoms with Crippen molar-refractivity contribution in [3.63, 3.8) is 0 Å². The van der Waals surface area contributed by atoms with Gasteiger partial charge in [-0.1, -0.05) is 147 Å². The number of fused-ring (bicyclic) bond motifs is 2. The molecule has 0 spiro atoms. The highest BCUT2D eigenvalue weighted by Gasteiger charge is 2.30. The maximum Gasteiger partial charge on any atom is 0.314 e. The first-order chi connectivity index (χ1) is 26.3. The van der Waals surface area contributed by atoms with Crippen molar-refractivity contribution < 1.29 is 14.6 Å². The number of hydrogen-bond donors (Lipinski definition) is 2. The van der Waals surface area contributed by atoms with Gasteiger partial charge in [0.05, 0.1) is 5.92 Å². The number of aliphatic hydroxyl groups is 1. The van der Waals surface area contributed by atoms with Crippen LogP contribution in [0.3, 0.4) is 0 Å². The molecule has 54 heavy (non-hydrogen) atoms. The number of para-hydroxylation sites is 3. The summed E-state index contributed by atoms with van der Waals surface area (Å²) in [6, 6.07) is 34.0. The Labute approximate surface area is 323 Å². The topological polar surface area (TPSA) is 93.9 Å². The lowest BCUT2D eigenvalue weighted by atomic mass is 9.92. The minimum atomic E-state index is -0.574. The molecule has 2 N–H and O–H groups in total. The molecule has 4 aromatic rings. The largest absolute Gasteiger partial charge is 0.461 e. The van der Waals surface area contributed by atoms with E-state index in [0.29, 0.717) is 6.42 Å². The Morgan fingerprint density at radius 3 is 2.17 bits per heavy atom. The van der Waals surface area contributed by atoms with Crippen molar-refractivity contribution in [3.05, 3.63) is 179 Å². The molecule has 7 nitrogen and oxygen atoms in total. The number of nitroso groups, excluding NO2 is 1. The molecule has 1 aliphatic heterocycles. The van der Waals surface area contributed by atoms with Gasteiger partial charge in [-0.05, 0) is 67.2 Å². The van der Waals surface area contributed by atoms with Gasteiger partial charge in [-0.2, -0.15) is 4.91 Å². The summed E-state index contributed by atoms with van der Waals surface area (Å²) in [5, 5.41) is 10.4.